The van der Waals surface area contributed by atoms with E-state index in [9.17, 15) is 0 Å². The predicted octanol–water partition coefficient (Wildman–Crippen LogP) is 2.82. The highest BCUT2D eigenvalue weighted by atomic mass is 16.5. The van der Waals surface area contributed by atoms with Gasteiger partial charge in [-0.2, -0.15) is 0 Å². The summed E-state index contributed by atoms with van der Waals surface area (Å²) in [5.41, 5.74) is 1.51. The van der Waals surface area contributed by atoms with E-state index < -0.39 is 0 Å². The van der Waals surface area contributed by atoms with Gasteiger partial charge in [0.2, 0.25) is 0 Å². The van der Waals surface area contributed by atoms with Crippen molar-refractivity contribution in [2.24, 2.45) is 17.5 Å². The molecule has 7 nitrogen and oxygen atoms in total. The molecule has 1 aromatic carbocycles. The van der Waals surface area contributed by atoms with Gasteiger partial charge in [0.25, 0.3) is 0 Å². The lowest BCUT2D eigenvalue weighted by atomic mass is 9.93. The number of aromatic nitrogens is 3. The van der Waals surface area contributed by atoms with Crippen LogP contribution < -0.4 is 10.1 Å². The number of ether oxygens (including phenoxy) is 1. The fraction of sp³-hybridized carbons (Fsp3) is 0.571. The number of nitrogens with zero attached hydrogens (tertiary/aromatic N) is 5. The van der Waals surface area contributed by atoms with Crippen LogP contribution >= 0.6 is 0 Å². The largest absolute Gasteiger partial charge is 0.493 e. The summed E-state index contributed by atoms with van der Waals surface area (Å²) in [6.07, 6.45) is 2.09. The van der Waals surface area contributed by atoms with Crippen LogP contribution in [-0.2, 0) is 13.6 Å². The number of fused-ring (bicyclic) bond motifs is 1. The third-order valence-electron chi connectivity index (χ3n) is 5.79. The van der Waals surface area contributed by atoms with E-state index in [4.69, 9.17) is 9.73 Å². The summed E-state index contributed by atoms with van der Waals surface area (Å²) in [5.74, 6) is 3.70. The summed E-state index contributed by atoms with van der Waals surface area (Å²) in [4.78, 5) is 7.33. The minimum atomic E-state index is 0.202. The number of hydrogen-bond donors (Lipinski definition) is 1. The van der Waals surface area contributed by atoms with Crippen molar-refractivity contribution >= 4 is 5.96 Å². The Morgan fingerprint density at radius 1 is 1.32 bits per heavy atom. The number of aliphatic imine (C=N–C) groups is 1. The first-order chi connectivity index (χ1) is 13.4. The molecule has 0 amide bonds. The average Bonchev–Trinajstić information content (AvgIpc) is 3.21. The smallest absolute Gasteiger partial charge is 0.194 e. The maximum Gasteiger partial charge on any atom is 0.194 e. The molecular weight excluding hydrogens is 352 g/mol. The quantitative estimate of drug-likeness (QED) is 0.653. The number of hydrogen-bond acceptors (Lipinski definition) is 4. The second kappa shape index (κ2) is 7.45. The Balaban J connectivity index is 1.59. The number of benzene rings is 1. The maximum absolute atomic E-state index is 5.83. The lowest BCUT2D eigenvalue weighted by Gasteiger charge is -2.31. The summed E-state index contributed by atoms with van der Waals surface area (Å²) < 4.78 is 7.83. The summed E-state index contributed by atoms with van der Waals surface area (Å²) in [6.45, 7) is 9.85. The summed E-state index contributed by atoms with van der Waals surface area (Å²) >= 11 is 0. The van der Waals surface area contributed by atoms with Crippen LogP contribution in [-0.4, -0.2) is 45.3 Å². The van der Waals surface area contributed by atoms with Crippen molar-refractivity contribution in [1.29, 1.82) is 0 Å². The monoisotopic (exact) mass is 382 g/mol. The van der Waals surface area contributed by atoms with Gasteiger partial charge in [-0.05, 0) is 24.8 Å². The first-order valence-electron chi connectivity index (χ1n) is 10.1. The summed E-state index contributed by atoms with van der Waals surface area (Å²) in [5, 5.41) is 12.1. The highest BCUT2D eigenvalue weighted by Gasteiger charge is 2.32. The van der Waals surface area contributed by atoms with Crippen molar-refractivity contribution in [2.45, 2.75) is 46.2 Å². The topological polar surface area (TPSA) is 67.6 Å². The second-order valence-electron chi connectivity index (χ2n) is 8.57. The van der Waals surface area contributed by atoms with Crippen molar-refractivity contribution in [1.82, 2.24) is 25.0 Å². The fourth-order valence-corrected chi connectivity index (χ4v) is 3.91. The predicted molar refractivity (Wildman–Crippen MR) is 109 cm³/mol. The van der Waals surface area contributed by atoms with Gasteiger partial charge in [-0.25, -0.2) is 4.99 Å². The molecule has 0 spiro atoms. The van der Waals surface area contributed by atoms with Crippen LogP contribution in [0.3, 0.4) is 0 Å². The van der Waals surface area contributed by atoms with Gasteiger partial charge in [-0.3, -0.25) is 0 Å². The molecule has 1 atom stereocenters. The van der Waals surface area contributed by atoms with E-state index >= 15 is 0 Å². The molecule has 1 saturated heterocycles. The molecule has 1 fully saturated rings. The third kappa shape index (κ3) is 3.84. The molecular formula is C21H30N6O. The molecule has 150 valence electrons. The van der Waals surface area contributed by atoms with E-state index in [0.29, 0.717) is 12.0 Å². The zero-order chi connectivity index (χ0) is 19.7. The number of likely N-dealkylation sites (tertiary alicyclic amines) is 1. The van der Waals surface area contributed by atoms with Crippen LogP contribution in [0.1, 0.15) is 49.9 Å². The molecule has 0 saturated carbocycles. The molecule has 1 aromatic heterocycles. The van der Waals surface area contributed by atoms with Crippen LogP contribution in [0.25, 0.3) is 0 Å². The number of aryl methyl sites for hydroxylation is 1. The minimum Gasteiger partial charge on any atom is -0.493 e. The van der Waals surface area contributed by atoms with Gasteiger partial charge >= 0.3 is 0 Å². The Morgan fingerprint density at radius 2 is 2.14 bits per heavy atom. The van der Waals surface area contributed by atoms with E-state index in [-0.39, 0.29) is 6.04 Å². The first kappa shape index (κ1) is 18.8. The van der Waals surface area contributed by atoms with Crippen molar-refractivity contribution in [3.63, 3.8) is 0 Å². The van der Waals surface area contributed by atoms with Crippen molar-refractivity contribution < 1.29 is 4.74 Å². The van der Waals surface area contributed by atoms with E-state index in [1.165, 1.54) is 12.0 Å². The van der Waals surface area contributed by atoms with Gasteiger partial charge in [0.15, 0.2) is 11.8 Å². The standard InChI is InChI=1S/C21H30N6O/c1-15-24-25-19(26(15)4)13-22-20(27-11-10-21(2,3)14-27)23-17-9-12-28-18-8-6-5-7-16(17)18/h5-8,17H,9-14H2,1-4H3,(H,22,23). The average molecular weight is 383 g/mol. The van der Waals surface area contributed by atoms with Gasteiger partial charge in [0.1, 0.15) is 18.1 Å². The van der Waals surface area contributed by atoms with E-state index in [2.05, 4.69) is 46.4 Å². The molecule has 0 bridgehead atoms. The van der Waals surface area contributed by atoms with Crippen molar-refractivity contribution in [3.05, 3.63) is 41.5 Å². The highest BCUT2D eigenvalue weighted by Crippen LogP contribution is 2.33. The lowest BCUT2D eigenvalue weighted by molar-refractivity contribution is 0.259. The number of guanidine groups is 1. The minimum absolute atomic E-state index is 0.202. The number of rotatable bonds is 3. The fourth-order valence-electron chi connectivity index (χ4n) is 3.91. The Labute approximate surface area is 166 Å². The van der Waals surface area contributed by atoms with Gasteiger partial charge in [0, 0.05) is 32.1 Å². The molecule has 0 radical (unpaired) electrons. The van der Waals surface area contributed by atoms with Gasteiger partial charge in [0.05, 0.1) is 12.6 Å². The normalized spacial score (nSPS) is 21.4. The molecule has 2 aliphatic rings. The van der Waals surface area contributed by atoms with Crippen molar-refractivity contribution in [3.8, 4) is 5.75 Å². The zero-order valence-electron chi connectivity index (χ0n) is 17.3. The number of para-hydroxylation sites is 1. The molecule has 1 unspecified atom stereocenters. The van der Waals surface area contributed by atoms with Crippen LogP contribution in [0, 0.1) is 12.3 Å². The molecule has 2 aliphatic heterocycles. The van der Waals surface area contributed by atoms with Gasteiger partial charge in [-0.15, -0.1) is 10.2 Å². The Bertz CT molecular complexity index is 872. The maximum atomic E-state index is 5.83. The Hall–Kier alpha value is -2.57. The van der Waals surface area contributed by atoms with Gasteiger partial charge in [-0.1, -0.05) is 32.0 Å². The van der Waals surface area contributed by atoms with Crippen LogP contribution in [0.4, 0.5) is 0 Å². The van der Waals surface area contributed by atoms with Crippen molar-refractivity contribution in [2.75, 3.05) is 19.7 Å². The molecule has 3 heterocycles. The summed E-state index contributed by atoms with van der Waals surface area (Å²) in [6, 6.07) is 8.48. The van der Waals surface area contributed by atoms with Crippen LogP contribution in [0.5, 0.6) is 5.75 Å². The van der Waals surface area contributed by atoms with Gasteiger partial charge < -0.3 is 19.5 Å². The van der Waals surface area contributed by atoms with Crippen LogP contribution in [0.2, 0.25) is 0 Å². The molecule has 0 aliphatic carbocycles. The second-order valence-corrected chi connectivity index (χ2v) is 8.57. The number of nitrogens with one attached hydrogen (secondary N) is 1. The molecule has 2 aromatic rings. The first-order valence-corrected chi connectivity index (χ1v) is 10.1. The molecule has 4 rings (SSSR count). The molecule has 28 heavy (non-hydrogen) atoms. The van der Waals surface area contributed by atoms with E-state index in [0.717, 1.165) is 49.5 Å². The summed E-state index contributed by atoms with van der Waals surface area (Å²) in [7, 11) is 1.99. The lowest BCUT2D eigenvalue weighted by Crippen LogP contribution is -2.43. The SMILES string of the molecule is Cc1nnc(CN=C(NC2CCOc3ccccc32)N2CCC(C)(C)C2)n1C. The molecule has 1 N–H and O–H groups in total. The third-order valence-corrected chi connectivity index (χ3v) is 5.79. The Morgan fingerprint density at radius 3 is 2.86 bits per heavy atom. The zero-order valence-corrected chi connectivity index (χ0v) is 17.3. The van der Waals surface area contributed by atoms with E-state index in [1.54, 1.807) is 0 Å². The molecule has 7 heteroatoms. The highest BCUT2D eigenvalue weighted by molar-refractivity contribution is 5.81. The van der Waals surface area contributed by atoms with E-state index in [1.807, 2.05) is 30.7 Å². The Kier molecular flexibility index (Phi) is 5.00. The van der Waals surface area contributed by atoms with Crippen LogP contribution in [0.15, 0.2) is 29.3 Å².